The molecule has 0 aromatic heterocycles. The first-order chi connectivity index (χ1) is 36.8. The number of amides is 4. The molecule has 1 saturated carbocycles. The quantitative estimate of drug-likeness (QED) is 0.101. The molecule has 6 fully saturated rings. The number of ether oxygens (including phenoxy) is 11. The van der Waals surface area contributed by atoms with Gasteiger partial charge in [0.05, 0.1) is 35.4 Å². The number of likely N-dealkylation sites (N-methyl/N-ethyl adjacent to an activating group) is 1. The topological polar surface area (TPSA) is 243 Å². The molecule has 5 saturated heterocycles. The van der Waals surface area contributed by atoms with E-state index in [4.69, 9.17) is 52.1 Å². The summed E-state index contributed by atoms with van der Waals surface area (Å²) in [6.45, 7) is 1.38. The highest BCUT2D eigenvalue weighted by Crippen LogP contribution is 2.43. The van der Waals surface area contributed by atoms with E-state index in [0.29, 0.717) is 16.7 Å². The van der Waals surface area contributed by atoms with Crippen molar-refractivity contribution < 1.29 is 85.3 Å². The van der Waals surface area contributed by atoms with Gasteiger partial charge in [0.2, 0.25) is 0 Å². The summed E-state index contributed by atoms with van der Waals surface area (Å²) in [4.78, 5) is 81.0. The average molecular weight is 1050 g/mol. The van der Waals surface area contributed by atoms with Gasteiger partial charge in [0.25, 0.3) is 0 Å². The smallest absolute Gasteiger partial charge is 0.410 e. The summed E-state index contributed by atoms with van der Waals surface area (Å²) in [5, 5.41) is 8.09. The Morgan fingerprint density at radius 1 is 0.658 bits per heavy atom. The van der Waals surface area contributed by atoms with Crippen LogP contribution in [0.4, 0.5) is 23.6 Å². The van der Waals surface area contributed by atoms with Crippen molar-refractivity contribution in [3.05, 3.63) is 144 Å². The second-order valence-electron chi connectivity index (χ2n) is 19.4. The number of carbonyl (C=O) groups is 6. The molecular weight excluding hydrogens is 996 g/mol. The Labute approximate surface area is 435 Å². The average Bonchev–Trinajstić information content (AvgIpc) is 3.76. The van der Waals surface area contributed by atoms with Crippen molar-refractivity contribution in [3.8, 4) is 0 Å². The van der Waals surface area contributed by atoms with E-state index in [1.165, 1.54) is 24.1 Å². The fourth-order valence-corrected chi connectivity index (χ4v) is 10.4. The highest BCUT2D eigenvalue weighted by molar-refractivity contribution is 5.90. The fourth-order valence-electron chi connectivity index (χ4n) is 10.4. The number of halogens is 1. The van der Waals surface area contributed by atoms with E-state index in [0.717, 1.165) is 0 Å². The fraction of sp³-hybridized carbons (Fsp3) is 0.444. The van der Waals surface area contributed by atoms with Gasteiger partial charge in [-0.05, 0) is 48.2 Å². The van der Waals surface area contributed by atoms with Gasteiger partial charge in [0.1, 0.15) is 50.3 Å². The van der Waals surface area contributed by atoms with E-state index in [-0.39, 0.29) is 44.6 Å². The maximum atomic E-state index is 17.8. The lowest BCUT2D eigenvalue weighted by atomic mass is 9.83. The molecule has 21 nitrogen and oxygen atoms in total. The number of nitrogens with zero attached hydrogens (tertiary/aromatic N) is 1. The third-order valence-corrected chi connectivity index (χ3v) is 14.2. The highest BCUT2D eigenvalue weighted by atomic mass is 19.1. The summed E-state index contributed by atoms with van der Waals surface area (Å²) in [5.74, 6) is -2.08. The van der Waals surface area contributed by atoms with Crippen LogP contribution in [-0.4, -0.2) is 147 Å². The lowest BCUT2D eigenvalue weighted by molar-refractivity contribution is -0.364. The Balaban J connectivity index is 0.876. The Morgan fingerprint density at radius 3 is 1.83 bits per heavy atom. The van der Waals surface area contributed by atoms with Crippen LogP contribution in [0.25, 0.3) is 0 Å². The lowest BCUT2D eigenvalue weighted by Crippen LogP contribution is -2.67. The van der Waals surface area contributed by atoms with Gasteiger partial charge < -0.3 is 68.1 Å². The highest BCUT2D eigenvalue weighted by Gasteiger charge is 2.61. The van der Waals surface area contributed by atoms with Crippen molar-refractivity contribution in [2.75, 3.05) is 13.7 Å². The summed E-state index contributed by atoms with van der Waals surface area (Å²) < 4.78 is 84.4. The van der Waals surface area contributed by atoms with Crippen LogP contribution >= 0.6 is 0 Å². The molecule has 76 heavy (non-hydrogen) atoms. The molecule has 402 valence electrons. The normalized spacial score (nSPS) is 32.5. The third-order valence-electron chi connectivity index (χ3n) is 14.2. The van der Waals surface area contributed by atoms with Gasteiger partial charge >= 0.3 is 36.3 Å². The Hall–Kier alpha value is -7.37. The minimum Gasteiger partial charge on any atom is -0.456 e. The monoisotopic (exact) mass is 1050 g/mol. The van der Waals surface area contributed by atoms with Gasteiger partial charge in [-0.25, -0.2) is 33.2 Å². The maximum absolute atomic E-state index is 17.8. The number of hydrogen-bond donors (Lipinski definition) is 3. The molecular formula is C54H57FN4O17. The zero-order chi connectivity index (χ0) is 52.9. The zero-order valence-electron chi connectivity index (χ0n) is 41.3. The van der Waals surface area contributed by atoms with Crippen LogP contribution in [0.1, 0.15) is 58.0 Å². The number of cyclic esters (lactones) is 1. The van der Waals surface area contributed by atoms with E-state index >= 15 is 4.39 Å². The molecule has 9 unspecified atom stereocenters. The number of rotatable bonds is 14. The standard InChI is InChI=1S/C54H57FN4O17/c1-29-23-37-45(46-42(59(2)54(65)76-46)50(71-37)72-39-25-36(41-38(69-39)28-68-53(64)58-41)70-47(60)32-19-11-5-12-20-32)75-49(29)74-44-35(57-52(63)67-27-31-17-9-4-10-18-31)24-34(56-51(62)66-26-30-15-7-3-8-16-30)43(40(44)55)73-48(61)33-21-13-6-14-22-33/h3-22,29,34-46,49-50H,23-28H2,1-2H3,(H,56,62)(H,57,63)(H,58,64)/t29?,34-,35?,36?,37+,38?,39-,40-,41+,42?,43?,44-,45?,46?,49+,50?/m1/s1. The van der Waals surface area contributed by atoms with Crippen LogP contribution < -0.4 is 16.0 Å². The summed E-state index contributed by atoms with van der Waals surface area (Å²) in [6.07, 6.45) is -17.0. The van der Waals surface area contributed by atoms with Crippen molar-refractivity contribution in [1.82, 2.24) is 20.9 Å². The van der Waals surface area contributed by atoms with Crippen LogP contribution in [0.3, 0.4) is 0 Å². The molecule has 5 aliphatic heterocycles. The van der Waals surface area contributed by atoms with E-state index < -0.39 is 134 Å². The molecule has 5 heterocycles. The zero-order valence-corrected chi connectivity index (χ0v) is 41.3. The maximum Gasteiger partial charge on any atom is 0.410 e. The second-order valence-corrected chi connectivity index (χ2v) is 19.4. The second kappa shape index (κ2) is 23.3. The SMILES string of the molecule is CC1C[C@@H]2OC(O[C@@H]3CC(OC(=O)c4ccccc4)[C@@H]4NC(=O)OCC4O3)C3C(OC(=O)N3C)C2O[C@@H]1O[C@@H]1C(NC(=O)OCc2ccccc2)C[C@@H](NC(=O)OCc2ccccc2)C(OC(=O)c2ccccc2)[C@H]1F. The molecule has 1 aliphatic carbocycles. The van der Waals surface area contributed by atoms with Crippen molar-refractivity contribution >= 4 is 36.3 Å². The minimum atomic E-state index is -2.23. The van der Waals surface area contributed by atoms with Crippen LogP contribution in [0, 0.1) is 5.92 Å². The first-order valence-corrected chi connectivity index (χ1v) is 25.1. The van der Waals surface area contributed by atoms with Gasteiger partial charge in [-0.2, -0.15) is 0 Å². The molecule has 4 aromatic carbocycles. The molecule has 16 atom stereocenters. The van der Waals surface area contributed by atoms with Crippen LogP contribution in [-0.2, 0) is 65.3 Å². The number of alkyl halides is 1. The van der Waals surface area contributed by atoms with Crippen LogP contribution in [0.15, 0.2) is 121 Å². The first-order valence-electron chi connectivity index (χ1n) is 25.1. The molecule has 0 spiro atoms. The van der Waals surface area contributed by atoms with Gasteiger partial charge in [0, 0.05) is 19.4 Å². The van der Waals surface area contributed by atoms with Gasteiger partial charge in [-0.3, -0.25) is 4.90 Å². The molecule has 4 aromatic rings. The van der Waals surface area contributed by atoms with Gasteiger partial charge in [-0.1, -0.05) is 104 Å². The van der Waals surface area contributed by atoms with Crippen molar-refractivity contribution in [2.24, 2.45) is 5.92 Å². The lowest BCUT2D eigenvalue weighted by Gasteiger charge is -2.51. The molecule has 10 rings (SSSR count). The number of nitrogens with one attached hydrogen (secondary N) is 3. The van der Waals surface area contributed by atoms with E-state index in [1.807, 2.05) is 12.1 Å². The Morgan fingerprint density at radius 2 is 1.22 bits per heavy atom. The molecule has 6 aliphatic rings. The number of alkyl carbamates (subject to hydrolysis) is 3. The minimum absolute atomic E-state index is 0.0413. The van der Waals surface area contributed by atoms with Crippen molar-refractivity contribution in [3.63, 3.8) is 0 Å². The molecule has 4 amide bonds. The van der Waals surface area contributed by atoms with Crippen LogP contribution in [0.2, 0.25) is 0 Å². The third kappa shape index (κ3) is 11.8. The number of fused-ring (bicyclic) bond motifs is 4. The number of carbonyl (C=O) groups excluding carboxylic acids is 6. The van der Waals surface area contributed by atoms with Crippen LogP contribution in [0.5, 0.6) is 0 Å². The molecule has 0 radical (unpaired) electrons. The van der Waals surface area contributed by atoms with Gasteiger partial charge in [0.15, 0.2) is 37.2 Å². The molecule has 0 bridgehead atoms. The summed E-state index contributed by atoms with van der Waals surface area (Å²) in [7, 11) is 1.50. The predicted molar refractivity (Wildman–Crippen MR) is 258 cm³/mol. The summed E-state index contributed by atoms with van der Waals surface area (Å²) in [5.41, 5.74) is 1.79. The number of hydrogen-bond acceptors (Lipinski definition) is 17. The number of benzene rings is 4. The Kier molecular flexibility index (Phi) is 15.9. The van der Waals surface area contributed by atoms with E-state index in [2.05, 4.69) is 16.0 Å². The Bertz CT molecular complexity index is 2680. The largest absolute Gasteiger partial charge is 0.456 e. The summed E-state index contributed by atoms with van der Waals surface area (Å²) in [6, 6.07) is 29.9. The molecule has 3 N–H and O–H groups in total. The van der Waals surface area contributed by atoms with E-state index in [1.54, 1.807) is 104 Å². The predicted octanol–water partition coefficient (Wildman–Crippen LogP) is 5.69. The number of esters is 2. The molecule has 22 heteroatoms. The van der Waals surface area contributed by atoms with Crippen molar-refractivity contribution in [1.29, 1.82) is 0 Å². The summed E-state index contributed by atoms with van der Waals surface area (Å²) >= 11 is 0. The van der Waals surface area contributed by atoms with Gasteiger partial charge in [-0.15, -0.1) is 0 Å². The van der Waals surface area contributed by atoms with E-state index in [9.17, 15) is 28.8 Å². The first kappa shape index (κ1) is 52.1. The van der Waals surface area contributed by atoms with Crippen molar-refractivity contribution in [2.45, 2.75) is 131 Å².